The Kier molecular flexibility index (Phi) is 2.67. The van der Waals surface area contributed by atoms with E-state index in [0.29, 0.717) is 0 Å². The van der Waals surface area contributed by atoms with Crippen molar-refractivity contribution in [2.45, 2.75) is 24.9 Å². The molecule has 0 radical (unpaired) electrons. The van der Waals surface area contributed by atoms with Gasteiger partial charge in [0.1, 0.15) is 0 Å². The van der Waals surface area contributed by atoms with Crippen molar-refractivity contribution < 1.29 is 5.11 Å². The highest BCUT2D eigenvalue weighted by molar-refractivity contribution is 7.07. The Bertz CT molecular complexity index is 252. The minimum atomic E-state index is -0.452. The first-order valence-electron chi connectivity index (χ1n) is 4.73. The molecule has 72 valence electrons. The molecule has 1 aromatic rings. The Labute approximate surface area is 82.6 Å². The van der Waals surface area contributed by atoms with Gasteiger partial charge in [-0.05, 0) is 48.3 Å². The summed E-state index contributed by atoms with van der Waals surface area (Å²) in [4.78, 5) is 0. The summed E-state index contributed by atoms with van der Waals surface area (Å²) in [5, 5.41) is 17.7. The predicted octanol–water partition coefficient (Wildman–Crippen LogP) is 1.41. The minimum absolute atomic E-state index is 0.452. The largest absolute Gasteiger partial charge is 0.389 e. The van der Waals surface area contributed by atoms with Gasteiger partial charge in [-0.1, -0.05) is 0 Å². The highest BCUT2D eigenvalue weighted by Crippen LogP contribution is 2.24. The van der Waals surface area contributed by atoms with Crippen LogP contribution in [0.5, 0.6) is 0 Å². The Hall–Kier alpha value is -0.380. The topological polar surface area (TPSA) is 32.3 Å². The van der Waals surface area contributed by atoms with E-state index < -0.39 is 5.60 Å². The fourth-order valence-electron chi connectivity index (χ4n) is 1.84. The van der Waals surface area contributed by atoms with Crippen LogP contribution in [0.1, 0.15) is 18.4 Å². The average molecular weight is 197 g/mol. The molecule has 0 atom stereocenters. The standard InChI is InChI=1S/C10H15NOS/c12-10(2-4-11-5-3-10)7-9-1-6-13-8-9/h1,6,8,11-12H,2-5,7H2. The van der Waals surface area contributed by atoms with Crippen LogP contribution in [0.25, 0.3) is 0 Å². The number of thiophene rings is 1. The fourth-order valence-corrected chi connectivity index (χ4v) is 2.51. The molecule has 3 heteroatoms. The maximum Gasteiger partial charge on any atom is 0.0712 e. The van der Waals surface area contributed by atoms with Gasteiger partial charge in [0.25, 0.3) is 0 Å². The van der Waals surface area contributed by atoms with Gasteiger partial charge in [-0.15, -0.1) is 0 Å². The van der Waals surface area contributed by atoms with Crippen LogP contribution < -0.4 is 5.32 Å². The van der Waals surface area contributed by atoms with E-state index in [1.165, 1.54) is 5.56 Å². The maximum atomic E-state index is 10.2. The van der Waals surface area contributed by atoms with Gasteiger partial charge < -0.3 is 10.4 Å². The molecule has 13 heavy (non-hydrogen) atoms. The van der Waals surface area contributed by atoms with Crippen LogP contribution in [-0.4, -0.2) is 23.8 Å². The highest BCUT2D eigenvalue weighted by Gasteiger charge is 2.29. The number of hydrogen-bond donors (Lipinski definition) is 2. The van der Waals surface area contributed by atoms with Gasteiger partial charge in [-0.3, -0.25) is 0 Å². The van der Waals surface area contributed by atoms with E-state index in [9.17, 15) is 5.11 Å². The molecular formula is C10H15NOS. The molecule has 0 amide bonds. The van der Waals surface area contributed by atoms with Gasteiger partial charge in [0, 0.05) is 6.42 Å². The third-order valence-corrected chi connectivity index (χ3v) is 3.38. The van der Waals surface area contributed by atoms with Gasteiger partial charge in [-0.25, -0.2) is 0 Å². The molecule has 0 unspecified atom stereocenters. The first kappa shape index (κ1) is 9.19. The lowest BCUT2D eigenvalue weighted by Crippen LogP contribution is -2.43. The molecule has 0 saturated carbocycles. The minimum Gasteiger partial charge on any atom is -0.389 e. The van der Waals surface area contributed by atoms with E-state index in [1.807, 2.05) is 0 Å². The summed E-state index contributed by atoms with van der Waals surface area (Å²) < 4.78 is 0. The van der Waals surface area contributed by atoms with Gasteiger partial charge >= 0.3 is 0 Å². The van der Waals surface area contributed by atoms with E-state index in [0.717, 1.165) is 32.4 Å². The second kappa shape index (κ2) is 3.78. The second-order valence-electron chi connectivity index (χ2n) is 3.78. The molecule has 2 rings (SSSR count). The zero-order valence-corrected chi connectivity index (χ0v) is 8.44. The quantitative estimate of drug-likeness (QED) is 0.751. The van der Waals surface area contributed by atoms with E-state index in [2.05, 4.69) is 22.1 Å². The van der Waals surface area contributed by atoms with Gasteiger partial charge in [0.2, 0.25) is 0 Å². The predicted molar refractivity (Wildman–Crippen MR) is 55.1 cm³/mol. The number of piperidine rings is 1. The molecule has 1 aliphatic heterocycles. The molecule has 0 bridgehead atoms. The molecule has 1 fully saturated rings. The molecule has 1 aliphatic rings. The molecule has 2 nitrogen and oxygen atoms in total. The molecule has 1 aromatic heterocycles. The van der Waals surface area contributed by atoms with E-state index >= 15 is 0 Å². The van der Waals surface area contributed by atoms with Gasteiger partial charge in [0.15, 0.2) is 0 Å². The van der Waals surface area contributed by atoms with Crippen molar-refractivity contribution in [1.29, 1.82) is 0 Å². The zero-order valence-electron chi connectivity index (χ0n) is 7.62. The zero-order chi connectivity index (χ0) is 9.15. The van der Waals surface area contributed by atoms with Crippen LogP contribution >= 0.6 is 11.3 Å². The summed E-state index contributed by atoms with van der Waals surface area (Å²) in [5.74, 6) is 0. The Balaban J connectivity index is 1.99. The van der Waals surface area contributed by atoms with Crippen molar-refractivity contribution in [3.8, 4) is 0 Å². The molecule has 2 heterocycles. The van der Waals surface area contributed by atoms with Crippen LogP contribution in [0.2, 0.25) is 0 Å². The van der Waals surface area contributed by atoms with Gasteiger partial charge in [-0.2, -0.15) is 11.3 Å². The van der Waals surface area contributed by atoms with E-state index in [-0.39, 0.29) is 0 Å². The highest BCUT2D eigenvalue weighted by atomic mass is 32.1. The van der Waals surface area contributed by atoms with E-state index in [1.54, 1.807) is 11.3 Å². The third kappa shape index (κ3) is 2.30. The lowest BCUT2D eigenvalue weighted by molar-refractivity contribution is 0.0109. The normalized spacial score (nSPS) is 21.6. The fraction of sp³-hybridized carbons (Fsp3) is 0.600. The van der Waals surface area contributed by atoms with Gasteiger partial charge in [0.05, 0.1) is 5.60 Å². The van der Waals surface area contributed by atoms with Crippen LogP contribution in [0, 0.1) is 0 Å². The summed E-state index contributed by atoms with van der Waals surface area (Å²) in [6.45, 7) is 1.89. The molecule has 2 N–H and O–H groups in total. The van der Waals surface area contributed by atoms with Crippen LogP contribution in [0.3, 0.4) is 0 Å². The summed E-state index contributed by atoms with van der Waals surface area (Å²) in [7, 11) is 0. The van der Waals surface area contributed by atoms with Crippen LogP contribution in [0.15, 0.2) is 16.8 Å². The first-order chi connectivity index (χ1) is 6.29. The molecular weight excluding hydrogens is 182 g/mol. The lowest BCUT2D eigenvalue weighted by Gasteiger charge is -2.32. The number of aliphatic hydroxyl groups is 1. The third-order valence-electron chi connectivity index (χ3n) is 2.65. The maximum absolute atomic E-state index is 10.2. The first-order valence-corrected chi connectivity index (χ1v) is 5.67. The number of nitrogens with one attached hydrogen (secondary N) is 1. The number of hydrogen-bond acceptors (Lipinski definition) is 3. The Morgan fingerprint density at radius 2 is 2.23 bits per heavy atom. The van der Waals surface area contributed by atoms with Crippen molar-refractivity contribution in [1.82, 2.24) is 5.32 Å². The molecule has 0 aromatic carbocycles. The van der Waals surface area contributed by atoms with Crippen molar-refractivity contribution in [2.24, 2.45) is 0 Å². The molecule has 0 spiro atoms. The smallest absolute Gasteiger partial charge is 0.0712 e. The Morgan fingerprint density at radius 3 is 2.85 bits per heavy atom. The average Bonchev–Trinajstić information content (AvgIpc) is 2.57. The summed E-state index contributed by atoms with van der Waals surface area (Å²) in [6.07, 6.45) is 2.57. The number of rotatable bonds is 2. The van der Waals surface area contributed by atoms with Crippen molar-refractivity contribution in [3.63, 3.8) is 0 Å². The van der Waals surface area contributed by atoms with Crippen molar-refractivity contribution in [2.75, 3.05) is 13.1 Å². The second-order valence-corrected chi connectivity index (χ2v) is 4.56. The molecule has 0 aliphatic carbocycles. The van der Waals surface area contributed by atoms with Crippen molar-refractivity contribution in [3.05, 3.63) is 22.4 Å². The summed E-state index contributed by atoms with van der Waals surface area (Å²) in [5.41, 5.74) is 0.821. The van der Waals surface area contributed by atoms with Crippen molar-refractivity contribution >= 4 is 11.3 Å². The van der Waals surface area contributed by atoms with Crippen LogP contribution in [0.4, 0.5) is 0 Å². The summed E-state index contributed by atoms with van der Waals surface area (Å²) >= 11 is 1.70. The molecule has 1 saturated heterocycles. The lowest BCUT2D eigenvalue weighted by atomic mass is 9.87. The van der Waals surface area contributed by atoms with Crippen LogP contribution in [-0.2, 0) is 6.42 Å². The Morgan fingerprint density at radius 1 is 1.46 bits per heavy atom. The van der Waals surface area contributed by atoms with E-state index in [4.69, 9.17) is 0 Å². The summed E-state index contributed by atoms with van der Waals surface area (Å²) in [6, 6.07) is 2.10. The monoisotopic (exact) mass is 197 g/mol. The SMILES string of the molecule is OC1(Cc2ccsc2)CCNCC1.